The lowest BCUT2D eigenvalue weighted by Gasteiger charge is -2.23. The Morgan fingerprint density at radius 3 is 1.94 bits per heavy atom. The molecule has 0 fully saturated rings. The number of ether oxygens (including phenoxy) is 1. The van der Waals surface area contributed by atoms with Gasteiger partial charge in [-0.1, -0.05) is 63.2 Å². The van der Waals surface area contributed by atoms with Crippen LogP contribution in [-0.2, 0) is 21.4 Å². The number of rotatable bonds is 10. The molecule has 0 bridgehead atoms. The highest BCUT2D eigenvalue weighted by Gasteiger charge is 2.17. The first-order valence-electron chi connectivity index (χ1n) is 11.3. The lowest BCUT2D eigenvalue weighted by Crippen LogP contribution is -2.20. The summed E-state index contributed by atoms with van der Waals surface area (Å²) in [5.74, 6) is 0.374. The Morgan fingerprint density at radius 1 is 0.788 bits per heavy atom. The summed E-state index contributed by atoms with van der Waals surface area (Å²) in [5, 5.41) is 5.69. The molecule has 3 rings (SSSR count). The van der Waals surface area contributed by atoms with Crippen LogP contribution < -0.4 is 15.4 Å². The first kappa shape index (κ1) is 24.1. The van der Waals surface area contributed by atoms with Gasteiger partial charge in [0, 0.05) is 17.8 Å². The maximum atomic E-state index is 12.2. The first-order chi connectivity index (χ1) is 15.9. The van der Waals surface area contributed by atoms with Crippen LogP contribution in [0.4, 0.5) is 11.4 Å². The Bertz CT molecular complexity index is 1040. The number of carbonyl (C=O) groups excluding carboxylic acids is 2. The van der Waals surface area contributed by atoms with Gasteiger partial charge in [-0.25, -0.2) is 0 Å². The number of benzene rings is 3. The standard InChI is InChI=1S/C28H32N2O3/c1-4-28(2,3)22-11-17-25(18-12-22)33-20-27(32)30-24-15-13-23(14-16-24)29-26(31)19-10-21-8-6-5-7-9-21/h5-9,11-18H,4,10,19-20H2,1-3H3,(H,29,31)(H,30,32). The molecule has 5 heteroatoms. The zero-order valence-corrected chi connectivity index (χ0v) is 19.6. The van der Waals surface area contributed by atoms with E-state index >= 15 is 0 Å². The molecule has 0 aromatic heterocycles. The topological polar surface area (TPSA) is 67.4 Å². The molecule has 2 N–H and O–H groups in total. The number of carbonyl (C=O) groups is 2. The van der Waals surface area contributed by atoms with Gasteiger partial charge < -0.3 is 15.4 Å². The van der Waals surface area contributed by atoms with E-state index in [1.54, 1.807) is 24.3 Å². The van der Waals surface area contributed by atoms with Crippen molar-refractivity contribution in [1.82, 2.24) is 0 Å². The minimum atomic E-state index is -0.243. The van der Waals surface area contributed by atoms with Crippen molar-refractivity contribution in [2.75, 3.05) is 17.2 Å². The summed E-state index contributed by atoms with van der Waals surface area (Å²) in [4.78, 5) is 24.4. The van der Waals surface area contributed by atoms with E-state index < -0.39 is 0 Å². The van der Waals surface area contributed by atoms with Crippen molar-refractivity contribution in [3.05, 3.63) is 90.0 Å². The fourth-order valence-corrected chi connectivity index (χ4v) is 3.32. The van der Waals surface area contributed by atoms with Crippen LogP contribution >= 0.6 is 0 Å². The molecule has 5 nitrogen and oxygen atoms in total. The van der Waals surface area contributed by atoms with E-state index in [4.69, 9.17) is 4.74 Å². The van der Waals surface area contributed by atoms with Gasteiger partial charge in [0.25, 0.3) is 5.91 Å². The fourth-order valence-electron chi connectivity index (χ4n) is 3.32. The maximum Gasteiger partial charge on any atom is 0.262 e. The minimum absolute atomic E-state index is 0.0441. The average molecular weight is 445 g/mol. The Hall–Kier alpha value is -3.60. The lowest BCUT2D eigenvalue weighted by atomic mass is 9.82. The SMILES string of the molecule is CCC(C)(C)c1ccc(OCC(=O)Nc2ccc(NC(=O)CCc3ccccc3)cc2)cc1. The molecule has 0 aliphatic carbocycles. The van der Waals surface area contributed by atoms with E-state index in [0.29, 0.717) is 30.0 Å². The molecule has 0 heterocycles. The quantitative estimate of drug-likeness (QED) is 0.405. The first-order valence-corrected chi connectivity index (χ1v) is 11.3. The van der Waals surface area contributed by atoms with Gasteiger partial charge in [-0.15, -0.1) is 0 Å². The maximum absolute atomic E-state index is 12.2. The highest BCUT2D eigenvalue weighted by Crippen LogP contribution is 2.28. The molecule has 0 saturated carbocycles. The van der Waals surface area contributed by atoms with Crippen molar-refractivity contribution in [1.29, 1.82) is 0 Å². The van der Waals surface area contributed by atoms with Gasteiger partial charge >= 0.3 is 0 Å². The van der Waals surface area contributed by atoms with Crippen molar-refractivity contribution in [2.24, 2.45) is 0 Å². The molecule has 0 aliphatic heterocycles. The monoisotopic (exact) mass is 444 g/mol. The Morgan fingerprint density at radius 2 is 1.36 bits per heavy atom. The molecule has 0 atom stereocenters. The molecule has 2 amide bonds. The molecule has 3 aromatic rings. The van der Waals surface area contributed by atoms with E-state index in [1.807, 2.05) is 54.6 Å². The second-order valence-electron chi connectivity index (χ2n) is 8.71. The van der Waals surface area contributed by atoms with Crippen molar-refractivity contribution < 1.29 is 14.3 Å². The number of hydrogen-bond acceptors (Lipinski definition) is 3. The summed E-state index contributed by atoms with van der Waals surface area (Å²) in [7, 11) is 0. The van der Waals surface area contributed by atoms with Crippen molar-refractivity contribution in [2.45, 2.75) is 45.4 Å². The van der Waals surface area contributed by atoms with Gasteiger partial charge in [0.2, 0.25) is 5.91 Å². The summed E-state index contributed by atoms with van der Waals surface area (Å²) in [5.41, 5.74) is 3.83. The van der Waals surface area contributed by atoms with Gasteiger partial charge in [-0.05, 0) is 65.8 Å². The predicted octanol–water partition coefficient (Wildman–Crippen LogP) is 5.96. The zero-order valence-electron chi connectivity index (χ0n) is 19.6. The van der Waals surface area contributed by atoms with Gasteiger partial charge in [0.1, 0.15) is 5.75 Å². The Kier molecular flexibility index (Phi) is 8.25. The number of amides is 2. The number of aryl methyl sites for hydroxylation is 1. The van der Waals surface area contributed by atoms with E-state index in [2.05, 4.69) is 31.4 Å². The van der Waals surface area contributed by atoms with Gasteiger partial charge in [0.15, 0.2) is 6.61 Å². The van der Waals surface area contributed by atoms with E-state index in [-0.39, 0.29) is 23.8 Å². The summed E-state index contributed by atoms with van der Waals surface area (Å²) in [6.45, 7) is 6.51. The molecule has 0 unspecified atom stereocenters. The van der Waals surface area contributed by atoms with Crippen molar-refractivity contribution in [3.63, 3.8) is 0 Å². The average Bonchev–Trinajstić information content (AvgIpc) is 2.83. The molecule has 0 saturated heterocycles. The number of nitrogens with one attached hydrogen (secondary N) is 2. The second kappa shape index (κ2) is 11.3. The van der Waals surface area contributed by atoms with E-state index in [9.17, 15) is 9.59 Å². The Balaban J connectivity index is 1.42. The molecule has 33 heavy (non-hydrogen) atoms. The molecule has 0 aliphatic rings. The van der Waals surface area contributed by atoms with Crippen LogP contribution in [-0.4, -0.2) is 18.4 Å². The Labute approximate surface area is 196 Å². The second-order valence-corrected chi connectivity index (χ2v) is 8.71. The van der Waals surface area contributed by atoms with Crippen LogP contribution in [0, 0.1) is 0 Å². The third kappa shape index (κ3) is 7.49. The molecular formula is C28H32N2O3. The molecule has 0 radical (unpaired) electrons. The smallest absolute Gasteiger partial charge is 0.262 e. The van der Waals surface area contributed by atoms with E-state index in [0.717, 1.165) is 12.0 Å². The van der Waals surface area contributed by atoms with Crippen LogP contribution in [0.1, 0.15) is 44.7 Å². The summed E-state index contributed by atoms with van der Waals surface area (Å²) < 4.78 is 5.61. The molecule has 172 valence electrons. The third-order valence-electron chi connectivity index (χ3n) is 5.83. The highest BCUT2D eigenvalue weighted by atomic mass is 16.5. The highest BCUT2D eigenvalue weighted by molar-refractivity contribution is 5.93. The summed E-state index contributed by atoms with van der Waals surface area (Å²) in [6.07, 6.45) is 2.16. The van der Waals surface area contributed by atoms with Crippen LogP contribution in [0.25, 0.3) is 0 Å². The van der Waals surface area contributed by atoms with Crippen molar-refractivity contribution >= 4 is 23.2 Å². The summed E-state index contributed by atoms with van der Waals surface area (Å²) >= 11 is 0. The number of hydrogen-bond donors (Lipinski definition) is 2. The predicted molar refractivity (Wildman–Crippen MR) is 134 cm³/mol. The van der Waals surface area contributed by atoms with Crippen LogP contribution in [0.3, 0.4) is 0 Å². The number of anilines is 2. The van der Waals surface area contributed by atoms with Crippen LogP contribution in [0.15, 0.2) is 78.9 Å². The largest absolute Gasteiger partial charge is 0.484 e. The van der Waals surface area contributed by atoms with Gasteiger partial charge in [-0.2, -0.15) is 0 Å². The van der Waals surface area contributed by atoms with E-state index in [1.165, 1.54) is 5.56 Å². The zero-order chi connectivity index (χ0) is 23.7. The van der Waals surface area contributed by atoms with Crippen LogP contribution in [0.5, 0.6) is 5.75 Å². The molecular weight excluding hydrogens is 412 g/mol. The molecule has 0 spiro atoms. The fraction of sp³-hybridized carbons (Fsp3) is 0.286. The third-order valence-corrected chi connectivity index (χ3v) is 5.83. The lowest BCUT2D eigenvalue weighted by molar-refractivity contribution is -0.118. The minimum Gasteiger partial charge on any atom is -0.484 e. The summed E-state index contributed by atoms with van der Waals surface area (Å²) in [6, 6.07) is 24.9. The van der Waals surface area contributed by atoms with Gasteiger partial charge in [-0.3, -0.25) is 9.59 Å². The van der Waals surface area contributed by atoms with Crippen molar-refractivity contribution in [3.8, 4) is 5.75 Å². The molecule has 3 aromatic carbocycles. The van der Waals surface area contributed by atoms with Crippen LogP contribution in [0.2, 0.25) is 0 Å². The normalized spacial score (nSPS) is 11.0. The van der Waals surface area contributed by atoms with Gasteiger partial charge in [0.05, 0.1) is 0 Å².